The van der Waals surface area contributed by atoms with E-state index < -0.39 is 6.09 Å². The van der Waals surface area contributed by atoms with Gasteiger partial charge in [-0.2, -0.15) is 0 Å². The number of alkyl carbamates (subject to hydrolysis) is 1. The molecule has 0 radical (unpaired) electrons. The topological polar surface area (TPSA) is 70.7 Å². The van der Waals surface area contributed by atoms with Crippen molar-refractivity contribution in [3.8, 4) is 0 Å². The van der Waals surface area contributed by atoms with Crippen molar-refractivity contribution in [2.24, 2.45) is 0 Å². The third-order valence-corrected chi connectivity index (χ3v) is 4.05. The van der Waals surface area contributed by atoms with E-state index in [4.69, 9.17) is 4.74 Å². The van der Waals surface area contributed by atoms with Gasteiger partial charge >= 0.3 is 6.09 Å². The molecule has 2 N–H and O–H groups in total. The number of rotatable bonds is 7. The summed E-state index contributed by atoms with van der Waals surface area (Å²) in [5.74, 6) is -0.190. The highest BCUT2D eigenvalue weighted by molar-refractivity contribution is 5.82. The van der Waals surface area contributed by atoms with Gasteiger partial charge in [-0.25, -0.2) is 4.79 Å². The first-order chi connectivity index (χ1) is 11.2. The Kier molecular flexibility index (Phi) is 6.87. The number of ether oxygens (including phenoxy) is 1. The second kappa shape index (κ2) is 9.15. The molecule has 0 aromatic heterocycles. The van der Waals surface area contributed by atoms with Gasteiger partial charge in [-0.05, 0) is 31.5 Å². The van der Waals surface area contributed by atoms with Crippen molar-refractivity contribution in [1.29, 1.82) is 0 Å². The Bertz CT molecular complexity index is 507. The molecule has 6 heteroatoms. The van der Waals surface area contributed by atoms with Crippen molar-refractivity contribution in [2.75, 3.05) is 26.2 Å². The van der Waals surface area contributed by atoms with E-state index in [1.54, 1.807) is 0 Å². The second-order valence-corrected chi connectivity index (χ2v) is 5.64. The Labute approximate surface area is 137 Å². The highest BCUT2D eigenvalue weighted by atomic mass is 16.5. The van der Waals surface area contributed by atoms with Crippen LogP contribution < -0.4 is 10.6 Å². The summed E-state index contributed by atoms with van der Waals surface area (Å²) in [6.07, 6.45) is 1.71. The molecule has 0 spiro atoms. The molecular formula is C17H25N3O3. The van der Waals surface area contributed by atoms with Crippen LogP contribution in [0.25, 0.3) is 0 Å². The summed E-state index contributed by atoms with van der Waals surface area (Å²) in [4.78, 5) is 25.7. The number of likely N-dealkylation sites (tertiary alicyclic amines) is 1. The summed E-state index contributed by atoms with van der Waals surface area (Å²) < 4.78 is 5.05. The maximum atomic E-state index is 11.8. The molecule has 126 valence electrons. The van der Waals surface area contributed by atoms with Gasteiger partial charge in [-0.15, -0.1) is 0 Å². The third-order valence-electron chi connectivity index (χ3n) is 4.05. The molecule has 0 aliphatic carbocycles. The maximum Gasteiger partial charge on any atom is 0.407 e. The van der Waals surface area contributed by atoms with Crippen LogP contribution in [0.3, 0.4) is 0 Å². The van der Waals surface area contributed by atoms with Gasteiger partial charge in [0.1, 0.15) is 6.61 Å². The predicted octanol–water partition coefficient (Wildman–Crippen LogP) is 1.51. The zero-order valence-electron chi connectivity index (χ0n) is 13.6. The highest BCUT2D eigenvalue weighted by Crippen LogP contribution is 2.15. The maximum absolute atomic E-state index is 11.8. The van der Waals surface area contributed by atoms with Crippen LogP contribution in [0.1, 0.15) is 25.3 Å². The highest BCUT2D eigenvalue weighted by Gasteiger charge is 2.23. The zero-order valence-corrected chi connectivity index (χ0v) is 13.6. The third kappa shape index (κ3) is 5.90. The van der Waals surface area contributed by atoms with Crippen LogP contribution in [0.5, 0.6) is 0 Å². The SMILES string of the molecule is CCN1CCCC1CNC(=O)CNC(=O)OCc1ccccc1. The molecule has 0 saturated carbocycles. The number of hydrogen-bond acceptors (Lipinski definition) is 4. The Morgan fingerprint density at radius 1 is 1.26 bits per heavy atom. The molecule has 23 heavy (non-hydrogen) atoms. The van der Waals surface area contributed by atoms with Crippen molar-refractivity contribution in [1.82, 2.24) is 15.5 Å². The Balaban J connectivity index is 1.59. The molecule has 1 heterocycles. The molecule has 2 amide bonds. The van der Waals surface area contributed by atoms with Crippen LogP contribution in [-0.2, 0) is 16.1 Å². The van der Waals surface area contributed by atoms with Gasteiger partial charge in [-0.3, -0.25) is 9.69 Å². The van der Waals surface area contributed by atoms with Gasteiger partial charge in [0, 0.05) is 12.6 Å². The smallest absolute Gasteiger partial charge is 0.407 e. The fourth-order valence-electron chi connectivity index (χ4n) is 2.76. The molecule has 1 aliphatic heterocycles. The molecule has 1 aromatic carbocycles. The number of benzene rings is 1. The van der Waals surface area contributed by atoms with E-state index in [9.17, 15) is 9.59 Å². The molecular weight excluding hydrogens is 294 g/mol. The van der Waals surface area contributed by atoms with Crippen LogP contribution >= 0.6 is 0 Å². The zero-order chi connectivity index (χ0) is 16.5. The number of likely N-dealkylation sites (N-methyl/N-ethyl adjacent to an activating group) is 1. The van der Waals surface area contributed by atoms with Crippen LogP contribution in [0.15, 0.2) is 30.3 Å². The lowest BCUT2D eigenvalue weighted by atomic mass is 10.2. The van der Waals surface area contributed by atoms with E-state index >= 15 is 0 Å². The minimum absolute atomic E-state index is 0.0630. The minimum Gasteiger partial charge on any atom is -0.445 e. The number of nitrogens with one attached hydrogen (secondary N) is 2. The largest absolute Gasteiger partial charge is 0.445 e. The molecule has 1 aliphatic rings. The number of carbonyl (C=O) groups is 2. The van der Waals surface area contributed by atoms with Crippen molar-refractivity contribution < 1.29 is 14.3 Å². The van der Waals surface area contributed by atoms with Gasteiger partial charge < -0.3 is 15.4 Å². The van der Waals surface area contributed by atoms with Crippen LogP contribution in [-0.4, -0.2) is 49.1 Å². The van der Waals surface area contributed by atoms with Crippen LogP contribution in [0.4, 0.5) is 4.79 Å². The van der Waals surface area contributed by atoms with Gasteiger partial charge in [0.2, 0.25) is 5.91 Å². The lowest BCUT2D eigenvalue weighted by Crippen LogP contribution is -2.43. The summed E-state index contributed by atoms with van der Waals surface area (Å²) in [6.45, 7) is 5.00. The normalized spacial score (nSPS) is 17.7. The molecule has 0 bridgehead atoms. The summed E-state index contributed by atoms with van der Waals surface area (Å²) in [5, 5.41) is 5.33. The summed E-state index contributed by atoms with van der Waals surface area (Å²) >= 11 is 0. The van der Waals surface area contributed by atoms with Crippen molar-refractivity contribution in [2.45, 2.75) is 32.4 Å². The second-order valence-electron chi connectivity index (χ2n) is 5.64. The summed E-state index contributed by atoms with van der Waals surface area (Å²) in [7, 11) is 0. The lowest BCUT2D eigenvalue weighted by molar-refractivity contribution is -0.120. The molecule has 6 nitrogen and oxygen atoms in total. The monoisotopic (exact) mass is 319 g/mol. The first-order valence-electron chi connectivity index (χ1n) is 8.14. The minimum atomic E-state index is -0.583. The van der Waals surface area contributed by atoms with E-state index in [1.165, 1.54) is 6.42 Å². The number of nitrogens with zero attached hydrogens (tertiary/aromatic N) is 1. The number of hydrogen-bond donors (Lipinski definition) is 2. The predicted molar refractivity (Wildman–Crippen MR) is 87.9 cm³/mol. The average molecular weight is 319 g/mol. The summed E-state index contributed by atoms with van der Waals surface area (Å²) in [6, 6.07) is 9.83. The van der Waals surface area contributed by atoms with Gasteiger partial charge in [-0.1, -0.05) is 37.3 Å². The molecule has 1 fully saturated rings. The van der Waals surface area contributed by atoms with Crippen molar-refractivity contribution in [3.05, 3.63) is 35.9 Å². The van der Waals surface area contributed by atoms with E-state index in [2.05, 4.69) is 22.5 Å². The molecule has 1 saturated heterocycles. The van der Waals surface area contributed by atoms with Crippen LogP contribution in [0.2, 0.25) is 0 Å². The number of carbonyl (C=O) groups excluding carboxylic acids is 2. The van der Waals surface area contributed by atoms with Crippen molar-refractivity contribution >= 4 is 12.0 Å². The quantitative estimate of drug-likeness (QED) is 0.799. The van der Waals surface area contributed by atoms with Crippen molar-refractivity contribution in [3.63, 3.8) is 0 Å². The Morgan fingerprint density at radius 2 is 2.04 bits per heavy atom. The lowest BCUT2D eigenvalue weighted by Gasteiger charge is -2.22. The molecule has 1 aromatic rings. The Hall–Kier alpha value is -2.08. The fourth-order valence-corrected chi connectivity index (χ4v) is 2.76. The van der Waals surface area contributed by atoms with E-state index in [0.29, 0.717) is 12.6 Å². The first-order valence-corrected chi connectivity index (χ1v) is 8.14. The fraction of sp³-hybridized carbons (Fsp3) is 0.529. The number of amides is 2. The standard InChI is InChI=1S/C17H25N3O3/c1-2-20-10-6-9-15(20)11-18-16(21)12-19-17(22)23-13-14-7-4-3-5-8-14/h3-5,7-8,15H,2,6,9-13H2,1H3,(H,18,21)(H,19,22). The van der Waals surface area contributed by atoms with E-state index in [0.717, 1.165) is 25.1 Å². The van der Waals surface area contributed by atoms with Gasteiger partial charge in [0.05, 0.1) is 6.54 Å². The van der Waals surface area contributed by atoms with E-state index in [1.807, 2.05) is 30.3 Å². The molecule has 1 atom stereocenters. The first kappa shape index (κ1) is 17.3. The molecule has 2 rings (SSSR count). The van der Waals surface area contributed by atoms with Gasteiger partial charge in [0.15, 0.2) is 0 Å². The molecule has 1 unspecified atom stereocenters. The van der Waals surface area contributed by atoms with Gasteiger partial charge in [0.25, 0.3) is 0 Å². The summed E-state index contributed by atoms with van der Waals surface area (Å²) in [5.41, 5.74) is 0.910. The Morgan fingerprint density at radius 3 is 2.78 bits per heavy atom. The van der Waals surface area contributed by atoms with E-state index in [-0.39, 0.29) is 19.1 Å². The van der Waals surface area contributed by atoms with Crippen LogP contribution in [0, 0.1) is 0 Å². The average Bonchev–Trinajstić information content (AvgIpc) is 3.04.